The highest BCUT2D eigenvalue weighted by Crippen LogP contribution is 2.46. The maximum absolute atomic E-state index is 13.4. The summed E-state index contributed by atoms with van der Waals surface area (Å²) in [7, 11) is -4.35. The van der Waals surface area contributed by atoms with Gasteiger partial charge in [0.25, 0.3) is 11.8 Å². The zero-order valence-corrected chi connectivity index (χ0v) is 21.2. The molecule has 2 saturated carbocycles. The lowest BCUT2D eigenvalue weighted by molar-refractivity contribution is -0.146. The average molecular weight is 537 g/mol. The van der Waals surface area contributed by atoms with Gasteiger partial charge in [0.1, 0.15) is 17.1 Å². The number of carbonyl (C=O) groups excluding carboxylic acids is 4. The molecular formula is C23H32N6O7S. The van der Waals surface area contributed by atoms with E-state index < -0.39 is 63.2 Å². The lowest BCUT2D eigenvalue weighted by atomic mass is 10.1. The molecule has 0 aromatic carbocycles. The van der Waals surface area contributed by atoms with Crippen molar-refractivity contribution in [2.45, 2.75) is 87.4 Å². The van der Waals surface area contributed by atoms with Crippen molar-refractivity contribution in [2.24, 2.45) is 11.7 Å². The standard InChI is InChI=1S/C23H32N6O7S/c24-14-22(10-11-22)28-37(34,35)27-20(32)23-13-15(23)7-4-2-1-3-5-9-17(36-21(25)33)19(31)29-12-6-8-16(29)18(30)26-23/h4,7,15-17,28H,1-3,5-6,8-13H2,(H2,25,33)(H,26,30)(H,27,32)/b7-4-. The van der Waals surface area contributed by atoms with Gasteiger partial charge in [-0.2, -0.15) is 18.4 Å². The van der Waals surface area contributed by atoms with Crippen LogP contribution in [0.4, 0.5) is 4.79 Å². The molecular weight excluding hydrogens is 504 g/mol. The summed E-state index contributed by atoms with van der Waals surface area (Å²) in [5.74, 6) is -2.45. The van der Waals surface area contributed by atoms with E-state index in [9.17, 15) is 32.9 Å². The monoisotopic (exact) mass is 536 g/mol. The molecule has 0 aromatic heterocycles. The van der Waals surface area contributed by atoms with E-state index in [-0.39, 0.29) is 19.4 Å². The van der Waals surface area contributed by atoms with Gasteiger partial charge < -0.3 is 20.7 Å². The maximum Gasteiger partial charge on any atom is 0.405 e. The molecule has 4 aliphatic rings. The SMILES string of the molecule is N#CC1(NS(=O)(=O)NC(=O)C23CC2/C=C\CCCCCC(OC(N)=O)C(=O)N2CCCC2C(=O)N3)CC1. The van der Waals surface area contributed by atoms with Gasteiger partial charge in [-0.1, -0.05) is 18.6 Å². The molecule has 0 aromatic rings. The normalized spacial score (nSPS) is 32.3. The Morgan fingerprint density at radius 3 is 2.62 bits per heavy atom. The summed E-state index contributed by atoms with van der Waals surface area (Å²) >= 11 is 0. The van der Waals surface area contributed by atoms with Gasteiger partial charge >= 0.3 is 16.3 Å². The Morgan fingerprint density at radius 2 is 1.95 bits per heavy atom. The number of ether oxygens (including phenoxy) is 1. The van der Waals surface area contributed by atoms with Crippen LogP contribution in [-0.4, -0.2) is 66.9 Å². The van der Waals surface area contributed by atoms with Gasteiger partial charge in [0.15, 0.2) is 6.10 Å². The minimum absolute atomic E-state index is 0.189. The fourth-order valence-electron chi connectivity index (χ4n) is 5.03. The number of hydrogen-bond acceptors (Lipinski definition) is 8. The number of amides is 4. The van der Waals surface area contributed by atoms with Crippen LogP contribution in [0.1, 0.15) is 64.2 Å². The summed E-state index contributed by atoms with van der Waals surface area (Å²) in [4.78, 5) is 52.5. The molecule has 4 rings (SSSR count). The van der Waals surface area contributed by atoms with E-state index in [0.29, 0.717) is 38.5 Å². The molecule has 4 amide bonds. The first-order valence-electron chi connectivity index (χ1n) is 12.5. The molecule has 14 heteroatoms. The van der Waals surface area contributed by atoms with E-state index in [4.69, 9.17) is 10.5 Å². The number of nitrogens with one attached hydrogen (secondary N) is 3. The Morgan fingerprint density at radius 1 is 1.19 bits per heavy atom. The van der Waals surface area contributed by atoms with Gasteiger partial charge in [-0.05, 0) is 57.8 Å². The van der Waals surface area contributed by atoms with Gasteiger partial charge in [-0.25, -0.2) is 9.52 Å². The first kappa shape index (κ1) is 26.9. The fourth-order valence-corrected chi connectivity index (χ4v) is 6.27. The van der Waals surface area contributed by atoms with Gasteiger partial charge in [0, 0.05) is 12.5 Å². The third kappa shape index (κ3) is 6.04. The number of allylic oxidation sites excluding steroid dienone is 1. The molecule has 5 N–H and O–H groups in total. The lowest BCUT2D eigenvalue weighted by Gasteiger charge is -2.29. The second-order valence-electron chi connectivity index (χ2n) is 10.2. The summed E-state index contributed by atoms with van der Waals surface area (Å²) in [5, 5.41) is 11.9. The third-order valence-corrected chi connectivity index (χ3v) is 8.48. The van der Waals surface area contributed by atoms with Crippen molar-refractivity contribution >= 4 is 34.0 Å². The predicted molar refractivity (Wildman–Crippen MR) is 128 cm³/mol. The molecule has 2 aliphatic heterocycles. The Hall–Kier alpha value is -3.18. The fraction of sp³-hybridized carbons (Fsp3) is 0.696. The van der Waals surface area contributed by atoms with Gasteiger partial charge in [-0.15, -0.1) is 0 Å². The first-order valence-corrected chi connectivity index (χ1v) is 14.0. The van der Waals surface area contributed by atoms with Crippen LogP contribution >= 0.6 is 0 Å². The second kappa shape index (κ2) is 10.3. The van der Waals surface area contributed by atoms with Crippen molar-refractivity contribution in [1.82, 2.24) is 19.7 Å². The molecule has 0 bridgehead atoms. The van der Waals surface area contributed by atoms with Crippen molar-refractivity contribution in [3.05, 3.63) is 12.2 Å². The van der Waals surface area contributed by atoms with Crippen LogP contribution < -0.4 is 20.5 Å². The summed E-state index contributed by atoms with van der Waals surface area (Å²) < 4.78 is 34.4. The third-order valence-electron chi connectivity index (χ3n) is 7.36. The minimum atomic E-state index is -4.35. The number of rotatable bonds is 5. The molecule has 1 saturated heterocycles. The van der Waals surface area contributed by atoms with Crippen LogP contribution in [0.5, 0.6) is 0 Å². The first-order chi connectivity index (χ1) is 17.5. The summed E-state index contributed by atoms with van der Waals surface area (Å²) in [6.45, 7) is 0.270. The molecule has 0 radical (unpaired) electrons. The molecule has 37 heavy (non-hydrogen) atoms. The number of carbonyl (C=O) groups is 4. The number of hydrogen-bond donors (Lipinski definition) is 4. The summed E-state index contributed by atoms with van der Waals surface area (Å²) in [6.07, 6.45) is 6.37. The molecule has 2 aliphatic carbocycles. The van der Waals surface area contributed by atoms with E-state index in [0.717, 1.165) is 12.8 Å². The molecule has 13 nitrogen and oxygen atoms in total. The predicted octanol–water partition coefficient (Wildman–Crippen LogP) is -0.157. The van der Waals surface area contributed by atoms with Gasteiger partial charge in [0.05, 0.1) is 6.07 Å². The highest BCUT2D eigenvalue weighted by Gasteiger charge is 2.61. The minimum Gasteiger partial charge on any atom is -0.436 e. The van der Waals surface area contributed by atoms with Gasteiger partial charge in [-0.3, -0.25) is 14.4 Å². The van der Waals surface area contributed by atoms with Crippen LogP contribution in [0.3, 0.4) is 0 Å². The molecule has 3 fully saturated rings. The maximum atomic E-state index is 13.4. The van der Waals surface area contributed by atoms with Crippen LogP contribution in [0.25, 0.3) is 0 Å². The number of primary amides is 1. The van der Waals surface area contributed by atoms with E-state index in [2.05, 4.69) is 10.0 Å². The smallest absolute Gasteiger partial charge is 0.405 e. The Bertz CT molecular complexity index is 1140. The zero-order valence-electron chi connectivity index (χ0n) is 20.4. The van der Waals surface area contributed by atoms with Crippen LogP contribution in [0.15, 0.2) is 12.2 Å². The number of fused-ring (bicyclic) bond motifs is 2. The topological polar surface area (TPSA) is 201 Å². The highest BCUT2D eigenvalue weighted by molar-refractivity contribution is 7.88. The molecule has 4 atom stereocenters. The van der Waals surface area contributed by atoms with E-state index in [1.54, 1.807) is 6.08 Å². The second-order valence-corrected chi connectivity index (χ2v) is 11.6. The Labute approximate surface area is 215 Å². The number of nitrogens with two attached hydrogens (primary N) is 1. The average Bonchev–Trinajstić information content (AvgIpc) is 3.68. The van der Waals surface area contributed by atoms with Crippen molar-refractivity contribution in [1.29, 1.82) is 5.26 Å². The largest absolute Gasteiger partial charge is 0.436 e. The van der Waals surface area contributed by atoms with Crippen LogP contribution in [0.2, 0.25) is 0 Å². The van der Waals surface area contributed by atoms with Crippen molar-refractivity contribution in [3.63, 3.8) is 0 Å². The molecule has 0 spiro atoms. The Kier molecular flexibility index (Phi) is 7.48. The lowest BCUT2D eigenvalue weighted by Crippen LogP contribution is -2.58. The van der Waals surface area contributed by atoms with E-state index in [1.807, 2.05) is 16.9 Å². The summed E-state index contributed by atoms with van der Waals surface area (Å²) in [5.41, 5.74) is 2.45. The van der Waals surface area contributed by atoms with Gasteiger partial charge in [0.2, 0.25) is 5.91 Å². The van der Waals surface area contributed by atoms with Crippen LogP contribution in [0, 0.1) is 17.2 Å². The highest BCUT2D eigenvalue weighted by atomic mass is 32.2. The van der Waals surface area contributed by atoms with Crippen molar-refractivity contribution in [2.75, 3.05) is 6.54 Å². The molecule has 2 heterocycles. The Balaban J connectivity index is 1.55. The van der Waals surface area contributed by atoms with Crippen LogP contribution in [-0.2, 0) is 29.3 Å². The molecule has 4 unspecified atom stereocenters. The number of nitrogens with zero attached hydrogens (tertiary/aromatic N) is 2. The summed E-state index contributed by atoms with van der Waals surface area (Å²) in [6, 6.07) is 0.989. The quantitative estimate of drug-likeness (QED) is 0.347. The van der Waals surface area contributed by atoms with E-state index >= 15 is 0 Å². The van der Waals surface area contributed by atoms with E-state index in [1.165, 1.54) is 4.90 Å². The van der Waals surface area contributed by atoms with Crippen molar-refractivity contribution in [3.8, 4) is 6.07 Å². The van der Waals surface area contributed by atoms with Crippen molar-refractivity contribution < 1.29 is 32.3 Å². The molecule has 202 valence electrons. The number of nitriles is 1. The zero-order chi connectivity index (χ0) is 26.8.